The fraction of sp³-hybridized carbons (Fsp3) is 0.462. The van der Waals surface area contributed by atoms with Gasteiger partial charge < -0.3 is 16.2 Å². The molecule has 0 saturated heterocycles. The number of hydrogen-bond donors (Lipinski definition) is 3. The number of carbonyl (C=O) groups is 1. The van der Waals surface area contributed by atoms with Crippen LogP contribution in [0.25, 0.3) is 0 Å². The molecule has 0 aliphatic rings. The zero-order valence-corrected chi connectivity index (χ0v) is 10.1. The molecule has 0 aromatic heterocycles. The molecule has 4 N–H and O–H groups in total. The lowest BCUT2D eigenvalue weighted by Crippen LogP contribution is -2.19. The van der Waals surface area contributed by atoms with Crippen molar-refractivity contribution < 1.29 is 9.90 Å². The maximum atomic E-state index is 11.5. The number of nitrogens with two attached hydrogens (primary N) is 1. The third kappa shape index (κ3) is 5.47. The van der Waals surface area contributed by atoms with E-state index in [1.54, 1.807) is 0 Å². The number of rotatable bonds is 6. The Balaban J connectivity index is 2.43. The van der Waals surface area contributed by atoms with Gasteiger partial charge in [-0.3, -0.25) is 4.79 Å². The van der Waals surface area contributed by atoms with Crippen molar-refractivity contribution in [3.63, 3.8) is 0 Å². The van der Waals surface area contributed by atoms with Crippen molar-refractivity contribution in [3.8, 4) is 0 Å². The standard InChI is InChI=1S/C13H20N2O2/c1-10(14)2-7-13(17)15-12-5-3-11(4-6-12)8-9-16/h3-6,10,16H,2,7-9,14H2,1H3,(H,15,17). The van der Waals surface area contributed by atoms with Gasteiger partial charge >= 0.3 is 0 Å². The van der Waals surface area contributed by atoms with Crippen molar-refractivity contribution in [1.82, 2.24) is 0 Å². The second-order valence-electron chi connectivity index (χ2n) is 4.23. The van der Waals surface area contributed by atoms with E-state index >= 15 is 0 Å². The number of nitrogens with one attached hydrogen (secondary N) is 1. The highest BCUT2D eigenvalue weighted by molar-refractivity contribution is 5.90. The molecule has 0 fully saturated rings. The van der Waals surface area contributed by atoms with E-state index in [4.69, 9.17) is 10.8 Å². The average Bonchev–Trinajstić information content (AvgIpc) is 2.29. The molecule has 0 bridgehead atoms. The molecule has 4 heteroatoms. The van der Waals surface area contributed by atoms with Gasteiger partial charge in [-0.2, -0.15) is 0 Å². The van der Waals surface area contributed by atoms with Crippen LogP contribution in [0.1, 0.15) is 25.3 Å². The van der Waals surface area contributed by atoms with Crippen LogP contribution in [0.5, 0.6) is 0 Å². The Morgan fingerprint density at radius 1 is 1.41 bits per heavy atom. The second kappa shape index (κ2) is 7.04. The number of anilines is 1. The summed E-state index contributed by atoms with van der Waals surface area (Å²) in [6.45, 7) is 2.02. The summed E-state index contributed by atoms with van der Waals surface area (Å²) in [6.07, 6.45) is 1.77. The summed E-state index contributed by atoms with van der Waals surface area (Å²) in [6, 6.07) is 7.53. The summed E-state index contributed by atoms with van der Waals surface area (Å²) in [5, 5.41) is 11.6. The lowest BCUT2D eigenvalue weighted by molar-refractivity contribution is -0.116. The summed E-state index contributed by atoms with van der Waals surface area (Å²) in [7, 11) is 0. The van der Waals surface area contributed by atoms with Crippen molar-refractivity contribution in [2.24, 2.45) is 5.73 Å². The maximum Gasteiger partial charge on any atom is 0.224 e. The molecule has 1 aromatic rings. The fourth-order valence-electron chi connectivity index (χ4n) is 1.47. The molecule has 1 unspecified atom stereocenters. The molecule has 1 amide bonds. The van der Waals surface area contributed by atoms with Crippen molar-refractivity contribution >= 4 is 11.6 Å². The zero-order chi connectivity index (χ0) is 12.7. The van der Waals surface area contributed by atoms with Gasteiger partial charge in [-0.1, -0.05) is 12.1 Å². The molecule has 4 nitrogen and oxygen atoms in total. The minimum atomic E-state index is -0.0165. The molecule has 17 heavy (non-hydrogen) atoms. The Morgan fingerprint density at radius 2 is 2.06 bits per heavy atom. The van der Waals surface area contributed by atoms with E-state index in [0.29, 0.717) is 19.3 Å². The van der Waals surface area contributed by atoms with E-state index in [9.17, 15) is 4.79 Å². The van der Waals surface area contributed by atoms with Gasteiger partial charge in [0, 0.05) is 24.8 Å². The Kier molecular flexibility index (Phi) is 5.66. The number of amides is 1. The molecule has 0 spiro atoms. The second-order valence-corrected chi connectivity index (χ2v) is 4.23. The van der Waals surface area contributed by atoms with Crippen molar-refractivity contribution in [2.45, 2.75) is 32.2 Å². The minimum absolute atomic E-state index is 0.0165. The van der Waals surface area contributed by atoms with Crippen LogP contribution in [0, 0.1) is 0 Å². The summed E-state index contributed by atoms with van der Waals surface area (Å²) in [5.74, 6) is -0.0165. The zero-order valence-electron chi connectivity index (χ0n) is 10.1. The quantitative estimate of drug-likeness (QED) is 0.696. The first-order chi connectivity index (χ1) is 8.11. The first-order valence-corrected chi connectivity index (χ1v) is 5.87. The third-order valence-corrected chi connectivity index (χ3v) is 2.46. The number of carbonyl (C=O) groups excluding carboxylic acids is 1. The Morgan fingerprint density at radius 3 is 2.59 bits per heavy atom. The van der Waals surface area contributed by atoms with E-state index in [-0.39, 0.29) is 18.6 Å². The van der Waals surface area contributed by atoms with Gasteiger partial charge in [-0.25, -0.2) is 0 Å². The molecule has 0 radical (unpaired) electrons. The van der Waals surface area contributed by atoms with Gasteiger partial charge in [0.25, 0.3) is 0 Å². The monoisotopic (exact) mass is 236 g/mol. The summed E-state index contributed by atoms with van der Waals surface area (Å²) >= 11 is 0. The van der Waals surface area contributed by atoms with Gasteiger partial charge in [0.05, 0.1) is 0 Å². The topological polar surface area (TPSA) is 75.4 Å². The lowest BCUT2D eigenvalue weighted by Gasteiger charge is -2.07. The summed E-state index contributed by atoms with van der Waals surface area (Å²) < 4.78 is 0. The van der Waals surface area contributed by atoms with Crippen LogP contribution in [0.3, 0.4) is 0 Å². The van der Waals surface area contributed by atoms with Crippen LogP contribution >= 0.6 is 0 Å². The Labute approximate surface area is 102 Å². The number of hydrogen-bond acceptors (Lipinski definition) is 3. The fourth-order valence-corrected chi connectivity index (χ4v) is 1.47. The lowest BCUT2D eigenvalue weighted by atomic mass is 10.1. The minimum Gasteiger partial charge on any atom is -0.396 e. The van der Waals surface area contributed by atoms with E-state index in [2.05, 4.69) is 5.32 Å². The van der Waals surface area contributed by atoms with E-state index in [1.165, 1.54) is 0 Å². The molecule has 0 aliphatic carbocycles. The van der Waals surface area contributed by atoms with Crippen LogP contribution in [-0.2, 0) is 11.2 Å². The molecule has 0 heterocycles. The van der Waals surface area contributed by atoms with Gasteiger partial charge in [0.15, 0.2) is 0 Å². The molecule has 0 aliphatic heterocycles. The molecule has 1 atom stereocenters. The predicted octanol–water partition coefficient (Wildman–Crippen LogP) is 1.29. The van der Waals surface area contributed by atoms with Crippen LogP contribution < -0.4 is 11.1 Å². The van der Waals surface area contributed by atoms with Gasteiger partial charge in [-0.15, -0.1) is 0 Å². The van der Waals surface area contributed by atoms with Crippen LogP contribution in [0.15, 0.2) is 24.3 Å². The van der Waals surface area contributed by atoms with Crippen LogP contribution in [0.4, 0.5) is 5.69 Å². The average molecular weight is 236 g/mol. The number of benzene rings is 1. The van der Waals surface area contributed by atoms with Crippen molar-refractivity contribution in [3.05, 3.63) is 29.8 Å². The summed E-state index contributed by atoms with van der Waals surface area (Å²) in [5.41, 5.74) is 7.42. The van der Waals surface area contributed by atoms with Crippen LogP contribution in [0.2, 0.25) is 0 Å². The van der Waals surface area contributed by atoms with Crippen molar-refractivity contribution in [2.75, 3.05) is 11.9 Å². The predicted molar refractivity (Wildman–Crippen MR) is 68.7 cm³/mol. The van der Waals surface area contributed by atoms with Crippen molar-refractivity contribution in [1.29, 1.82) is 0 Å². The molecule has 0 saturated carbocycles. The smallest absolute Gasteiger partial charge is 0.224 e. The van der Waals surface area contributed by atoms with E-state index in [1.807, 2.05) is 31.2 Å². The Hall–Kier alpha value is -1.39. The third-order valence-electron chi connectivity index (χ3n) is 2.46. The van der Waals surface area contributed by atoms with E-state index < -0.39 is 0 Å². The molecular formula is C13H20N2O2. The highest BCUT2D eigenvalue weighted by Gasteiger charge is 2.04. The highest BCUT2D eigenvalue weighted by atomic mass is 16.2. The largest absolute Gasteiger partial charge is 0.396 e. The summed E-state index contributed by atoms with van der Waals surface area (Å²) in [4.78, 5) is 11.5. The molecular weight excluding hydrogens is 216 g/mol. The molecule has 1 aromatic carbocycles. The normalized spacial score (nSPS) is 12.2. The molecule has 94 valence electrons. The first-order valence-electron chi connectivity index (χ1n) is 5.87. The van der Waals surface area contributed by atoms with Gasteiger partial charge in [-0.05, 0) is 37.5 Å². The maximum absolute atomic E-state index is 11.5. The first kappa shape index (κ1) is 13.7. The SMILES string of the molecule is CC(N)CCC(=O)Nc1ccc(CCO)cc1. The van der Waals surface area contributed by atoms with Gasteiger partial charge in [0.1, 0.15) is 0 Å². The molecule has 1 rings (SSSR count). The van der Waals surface area contributed by atoms with E-state index in [0.717, 1.165) is 11.3 Å². The number of aliphatic hydroxyl groups is 1. The Bertz CT molecular complexity index is 347. The highest BCUT2D eigenvalue weighted by Crippen LogP contribution is 2.10. The van der Waals surface area contributed by atoms with Gasteiger partial charge in [0.2, 0.25) is 5.91 Å². The number of aliphatic hydroxyl groups excluding tert-OH is 1. The van der Waals surface area contributed by atoms with Crippen LogP contribution in [-0.4, -0.2) is 23.7 Å².